The summed E-state index contributed by atoms with van der Waals surface area (Å²) < 4.78 is 0. The van der Waals surface area contributed by atoms with Gasteiger partial charge in [0, 0.05) is 38.2 Å². The van der Waals surface area contributed by atoms with Gasteiger partial charge in [0.05, 0.1) is 11.6 Å². The monoisotopic (exact) mass is 315 g/mol. The lowest BCUT2D eigenvalue weighted by atomic mass is 9.95. The van der Waals surface area contributed by atoms with E-state index in [0.717, 1.165) is 37.9 Å². The van der Waals surface area contributed by atoms with Crippen LogP contribution in [0.2, 0.25) is 0 Å². The summed E-state index contributed by atoms with van der Waals surface area (Å²) in [4.78, 5) is 30.3. The van der Waals surface area contributed by atoms with E-state index in [1.54, 1.807) is 11.8 Å². The number of nitrogens with zero attached hydrogens (tertiary/aromatic N) is 2. The zero-order valence-corrected chi connectivity index (χ0v) is 14.0. The molecule has 23 heavy (non-hydrogen) atoms. The summed E-state index contributed by atoms with van der Waals surface area (Å²) in [5, 5.41) is 3.12. The molecule has 0 radical (unpaired) electrons. The number of piperidine rings is 1. The first-order chi connectivity index (χ1) is 11.0. The Morgan fingerprint density at radius 1 is 1.43 bits per heavy atom. The fourth-order valence-corrected chi connectivity index (χ4v) is 3.57. The van der Waals surface area contributed by atoms with E-state index in [1.807, 2.05) is 12.3 Å². The number of likely N-dealkylation sites (tertiary alicyclic amines) is 1. The highest BCUT2D eigenvalue weighted by molar-refractivity contribution is 5.80. The molecule has 1 saturated carbocycles. The molecule has 1 aromatic heterocycles. The van der Waals surface area contributed by atoms with Gasteiger partial charge in [0.25, 0.3) is 0 Å². The first-order valence-corrected chi connectivity index (χ1v) is 8.47. The average molecular weight is 315 g/mol. The standard InChI is InChI=1S/C18H25N3O2/c1-13-5-3-9-19-16(13)18(7-8-18)12-20-17(23)15-6-4-10-21(11-15)14(2)22/h3,5,9,15H,4,6-8,10-12H2,1-2H3,(H,20,23). The second-order valence-corrected chi connectivity index (χ2v) is 6.97. The van der Waals surface area contributed by atoms with Gasteiger partial charge in [-0.3, -0.25) is 14.6 Å². The minimum Gasteiger partial charge on any atom is -0.355 e. The highest BCUT2D eigenvalue weighted by atomic mass is 16.2. The molecule has 0 bridgehead atoms. The van der Waals surface area contributed by atoms with Crippen molar-refractivity contribution in [3.8, 4) is 0 Å². The number of carbonyl (C=O) groups excluding carboxylic acids is 2. The third kappa shape index (κ3) is 3.38. The molecule has 2 aliphatic rings. The Labute approximate surface area is 137 Å². The van der Waals surface area contributed by atoms with Crippen LogP contribution in [0.5, 0.6) is 0 Å². The van der Waals surface area contributed by atoms with Crippen LogP contribution in [0.25, 0.3) is 0 Å². The number of carbonyl (C=O) groups is 2. The number of aromatic nitrogens is 1. The van der Waals surface area contributed by atoms with Gasteiger partial charge < -0.3 is 10.2 Å². The van der Waals surface area contributed by atoms with E-state index in [-0.39, 0.29) is 23.1 Å². The van der Waals surface area contributed by atoms with Gasteiger partial charge in [-0.2, -0.15) is 0 Å². The Morgan fingerprint density at radius 2 is 2.22 bits per heavy atom. The van der Waals surface area contributed by atoms with E-state index < -0.39 is 0 Å². The van der Waals surface area contributed by atoms with Crippen molar-refractivity contribution >= 4 is 11.8 Å². The third-order valence-corrected chi connectivity index (χ3v) is 5.20. The molecule has 2 heterocycles. The molecule has 5 nitrogen and oxygen atoms in total. The highest BCUT2D eigenvalue weighted by Gasteiger charge is 2.46. The molecule has 1 aromatic rings. The average Bonchev–Trinajstić information content (AvgIpc) is 3.34. The predicted octanol–water partition coefficient (Wildman–Crippen LogP) is 1.80. The number of rotatable bonds is 4. The Kier molecular flexibility index (Phi) is 4.37. The van der Waals surface area contributed by atoms with E-state index in [0.29, 0.717) is 13.1 Å². The van der Waals surface area contributed by atoms with Crippen molar-refractivity contribution in [3.63, 3.8) is 0 Å². The maximum absolute atomic E-state index is 12.5. The van der Waals surface area contributed by atoms with Crippen molar-refractivity contribution in [1.82, 2.24) is 15.2 Å². The zero-order valence-electron chi connectivity index (χ0n) is 14.0. The molecular weight excluding hydrogens is 290 g/mol. The van der Waals surface area contributed by atoms with E-state index in [4.69, 9.17) is 0 Å². The van der Waals surface area contributed by atoms with E-state index in [1.165, 1.54) is 5.56 Å². The number of pyridine rings is 1. The Balaban J connectivity index is 1.59. The van der Waals surface area contributed by atoms with Crippen molar-refractivity contribution in [1.29, 1.82) is 0 Å². The van der Waals surface area contributed by atoms with Crippen molar-refractivity contribution in [2.75, 3.05) is 19.6 Å². The second kappa shape index (κ2) is 6.30. The topological polar surface area (TPSA) is 62.3 Å². The molecular formula is C18H25N3O2. The lowest BCUT2D eigenvalue weighted by Gasteiger charge is -2.31. The molecule has 1 aliphatic heterocycles. The molecule has 5 heteroatoms. The summed E-state index contributed by atoms with van der Waals surface area (Å²) in [7, 11) is 0. The van der Waals surface area contributed by atoms with Gasteiger partial charge in [0.15, 0.2) is 0 Å². The largest absolute Gasteiger partial charge is 0.355 e. The molecule has 2 amide bonds. The summed E-state index contributed by atoms with van der Waals surface area (Å²) in [6.45, 7) is 5.63. The van der Waals surface area contributed by atoms with Crippen molar-refractivity contribution in [3.05, 3.63) is 29.6 Å². The van der Waals surface area contributed by atoms with Crippen molar-refractivity contribution < 1.29 is 9.59 Å². The van der Waals surface area contributed by atoms with Crippen LogP contribution < -0.4 is 5.32 Å². The van der Waals surface area contributed by atoms with Gasteiger partial charge in [-0.15, -0.1) is 0 Å². The van der Waals surface area contributed by atoms with Crippen LogP contribution in [0.1, 0.15) is 43.9 Å². The Hall–Kier alpha value is -1.91. The molecule has 1 saturated heterocycles. The van der Waals surface area contributed by atoms with E-state index in [9.17, 15) is 9.59 Å². The van der Waals surface area contributed by atoms with Crippen molar-refractivity contribution in [2.24, 2.45) is 5.92 Å². The first kappa shape index (κ1) is 16.0. The lowest BCUT2D eigenvalue weighted by molar-refractivity contribution is -0.134. The quantitative estimate of drug-likeness (QED) is 0.921. The molecule has 0 aromatic carbocycles. The highest BCUT2D eigenvalue weighted by Crippen LogP contribution is 2.47. The molecule has 124 valence electrons. The number of hydrogen-bond acceptors (Lipinski definition) is 3. The minimum absolute atomic E-state index is 0.0237. The third-order valence-electron chi connectivity index (χ3n) is 5.20. The molecule has 1 unspecified atom stereocenters. The maximum Gasteiger partial charge on any atom is 0.224 e. The van der Waals surface area contributed by atoms with E-state index in [2.05, 4.69) is 23.3 Å². The molecule has 3 rings (SSSR count). The number of nitrogens with one attached hydrogen (secondary N) is 1. The normalized spacial score (nSPS) is 22.5. The summed E-state index contributed by atoms with van der Waals surface area (Å²) in [5.41, 5.74) is 2.34. The van der Waals surface area contributed by atoms with Gasteiger partial charge in [-0.05, 0) is 44.2 Å². The van der Waals surface area contributed by atoms with Gasteiger partial charge in [-0.1, -0.05) is 6.07 Å². The van der Waals surface area contributed by atoms with Crippen LogP contribution in [0.4, 0.5) is 0 Å². The lowest BCUT2D eigenvalue weighted by Crippen LogP contribution is -2.46. The molecule has 1 atom stereocenters. The van der Waals surface area contributed by atoms with Crippen LogP contribution in [0.15, 0.2) is 18.3 Å². The Morgan fingerprint density at radius 3 is 2.87 bits per heavy atom. The van der Waals surface area contributed by atoms with Crippen molar-refractivity contribution in [2.45, 2.75) is 44.9 Å². The fraction of sp³-hybridized carbons (Fsp3) is 0.611. The summed E-state index contributed by atoms with van der Waals surface area (Å²) >= 11 is 0. The van der Waals surface area contributed by atoms with Crippen LogP contribution in [0, 0.1) is 12.8 Å². The zero-order chi connectivity index (χ0) is 16.4. The van der Waals surface area contributed by atoms with Gasteiger partial charge in [0.1, 0.15) is 0 Å². The summed E-state index contributed by atoms with van der Waals surface area (Å²) in [6, 6.07) is 4.03. The maximum atomic E-state index is 12.5. The van der Waals surface area contributed by atoms with Crippen LogP contribution >= 0.6 is 0 Å². The fourth-order valence-electron chi connectivity index (χ4n) is 3.57. The second-order valence-electron chi connectivity index (χ2n) is 6.97. The molecule has 2 fully saturated rings. The SMILES string of the molecule is CC(=O)N1CCCC(C(=O)NCC2(c3ncccc3C)CC2)C1. The molecule has 1 N–H and O–H groups in total. The van der Waals surface area contributed by atoms with Gasteiger partial charge in [0.2, 0.25) is 11.8 Å². The summed E-state index contributed by atoms with van der Waals surface area (Å²) in [5.74, 6) is 0.0642. The van der Waals surface area contributed by atoms with Crippen LogP contribution in [0.3, 0.4) is 0 Å². The molecule has 0 spiro atoms. The first-order valence-electron chi connectivity index (χ1n) is 8.47. The van der Waals surface area contributed by atoms with Crippen LogP contribution in [-0.2, 0) is 15.0 Å². The van der Waals surface area contributed by atoms with Gasteiger partial charge in [-0.25, -0.2) is 0 Å². The van der Waals surface area contributed by atoms with Gasteiger partial charge >= 0.3 is 0 Å². The smallest absolute Gasteiger partial charge is 0.224 e. The van der Waals surface area contributed by atoms with Crippen LogP contribution in [-0.4, -0.2) is 41.3 Å². The minimum atomic E-state index is -0.0757. The van der Waals surface area contributed by atoms with E-state index >= 15 is 0 Å². The predicted molar refractivity (Wildman–Crippen MR) is 87.9 cm³/mol. The molecule has 1 aliphatic carbocycles. The summed E-state index contributed by atoms with van der Waals surface area (Å²) in [6.07, 6.45) is 5.76. The number of hydrogen-bond donors (Lipinski definition) is 1. The number of aryl methyl sites for hydroxylation is 1. The number of amides is 2. The Bertz CT molecular complexity index is 610.